The molecule has 0 fully saturated rings. The minimum absolute atomic E-state index is 0.268. The summed E-state index contributed by atoms with van der Waals surface area (Å²) in [6.07, 6.45) is 1.58. The lowest BCUT2D eigenvalue weighted by atomic mass is 10.3. The van der Waals surface area contributed by atoms with E-state index in [-0.39, 0.29) is 6.03 Å². The molecule has 2 N–H and O–H groups in total. The molecule has 0 aliphatic rings. The summed E-state index contributed by atoms with van der Waals surface area (Å²) in [7, 11) is 0. The second kappa shape index (κ2) is 7.41. The number of hydrogen-bond donors (Lipinski definition) is 2. The zero-order valence-corrected chi connectivity index (χ0v) is 12.9. The van der Waals surface area contributed by atoms with Gasteiger partial charge in [0.2, 0.25) is 5.88 Å². The number of carbonyl (C=O) groups excluding carboxylic acids is 1. The Hall–Kier alpha value is -2.87. The van der Waals surface area contributed by atoms with Crippen LogP contribution in [0, 0.1) is 0 Å². The summed E-state index contributed by atoms with van der Waals surface area (Å²) in [6, 6.07) is 10.5. The molecule has 0 unspecified atom stereocenters. The number of aromatic nitrogens is 2. The molecule has 0 atom stereocenters. The summed E-state index contributed by atoms with van der Waals surface area (Å²) in [5, 5.41) is 16.1. The number of anilines is 1. The van der Waals surface area contributed by atoms with Gasteiger partial charge in [-0.15, -0.1) is 21.5 Å². The van der Waals surface area contributed by atoms with Crippen molar-refractivity contribution in [2.45, 2.75) is 0 Å². The van der Waals surface area contributed by atoms with Crippen LogP contribution >= 0.6 is 11.3 Å². The first kappa shape index (κ1) is 15.0. The van der Waals surface area contributed by atoms with Crippen molar-refractivity contribution >= 4 is 22.4 Å². The van der Waals surface area contributed by atoms with E-state index in [1.54, 1.807) is 30.5 Å². The number of nitrogens with zero attached hydrogens (tertiary/aromatic N) is 2. The normalized spacial score (nSPS) is 10.3. The van der Waals surface area contributed by atoms with Gasteiger partial charge in [-0.2, -0.15) is 0 Å². The van der Waals surface area contributed by atoms with E-state index in [0.29, 0.717) is 30.5 Å². The monoisotopic (exact) mass is 330 g/mol. The molecule has 7 nitrogen and oxygen atoms in total. The topological polar surface area (TPSA) is 89.3 Å². The number of carbonyl (C=O) groups is 1. The molecule has 118 valence electrons. The predicted octanol–water partition coefficient (Wildman–Crippen LogP) is 3.00. The summed E-state index contributed by atoms with van der Waals surface area (Å²) in [5.74, 6) is 1.04. The van der Waals surface area contributed by atoms with Crippen LogP contribution in [-0.4, -0.2) is 29.4 Å². The maximum Gasteiger partial charge on any atom is 0.319 e. The summed E-state index contributed by atoms with van der Waals surface area (Å²) >= 11 is 1.46. The molecule has 0 aromatic carbocycles. The van der Waals surface area contributed by atoms with E-state index >= 15 is 0 Å². The Morgan fingerprint density at radius 2 is 2.17 bits per heavy atom. The summed E-state index contributed by atoms with van der Waals surface area (Å²) in [4.78, 5) is 11.6. The fourth-order valence-corrected chi connectivity index (χ4v) is 2.39. The lowest BCUT2D eigenvalue weighted by Crippen LogP contribution is -2.32. The minimum Gasteiger partial charge on any atom is -0.475 e. The molecule has 0 saturated carbocycles. The van der Waals surface area contributed by atoms with Crippen LogP contribution in [0.25, 0.3) is 11.5 Å². The SMILES string of the molecule is O=C(NCCOc1ccc(-c2ccco2)nn1)Nc1cccs1. The van der Waals surface area contributed by atoms with E-state index < -0.39 is 0 Å². The van der Waals surface area contributed by atoms with Gasteiger partial charge in [0.15, 0.2) is 5.76 Å². The smallest absolute Gasteiger partial charge is 0.319 e. The van der Waals surface area contributed by atoms with E-state index in [9.17, 15) is 4.79 Å². The second-order valence-electron chi connectivity index (χ2n) is 4.44. The Morgan fingerprint density at radius 1 is 1.22 bits per heavy atom. The van der Waals surface area contributed by atoms with Crippen molar-refractivity contribution in [3.63, 3.8) is 0 Å². The average molecular weight is 330 g/mol. The van der Waals surface area contributed by atoms with Crippen LogP contribution in [0.4, 0.5) is 9.80 Å². The van der Waals surface area contributed by atoms with Crippen molar-refractivity contribution in [3.05, 3.63) is 48.0 Å². The number of nitrogens with one attached hydrogen (secondary N) is 2. The fraction of sp³-hybridized carbons (Fsp3) is 0.133. The summed E-state index contributed by atoms with van der Waals surface area (Å²) in [6.45, 7) is 0.658. The second-order valence-corrected chi connectivity index (χ2v) is 5.39. The van der Waals surface area contributed by atoms with Crippen molar-refractivity contribution in [2.75, 3.05) is 18.5 Å². The van der Waals surface area contributed by atoms with Crippen LogP contribution in [0.5, 0.6) is 5.88 Å². The number of amides is 2. The number of urea groups is 1. The van der Waals surface area contributed by atoms with Gasteiger partial charge in [-0.1, -0.05) is 0 Å². The number of thiophene rings is 1. The van der Waals surface area contributed by atoms with Crippen LogP contribution < -0.4 is 15.4 Å². The summed E-state index contributed by atoms with van der Waals surface area (Å²) in [5.41, 5.74) is 0.635. The van der Waals surface area contributed by atoms with E-state index in [1.165, 1.54) is 11.3 Å². The first-order chi connectivity index (χ1) is 11.3. The molecule has 0 radical (unpaired) electrons. The highest BCUT2D eigenvalue weighted by atomic mass is 32.1. The van der Waals surface area contributed by atoms with E-state index in [0.717, 1.165) is 5.00 Å². The number of furan rings is 1. The van der Waals surface area contributed by atoms with E-state index in [2.05, 4.69) is 20.8 Å². The van der Waals surface area contributed by atoms with E-state index in [1.807, 2.05) is 17.5 Å². The molecule has 3 aromatic heterocycles. The van der Waals surface area contributed by atoms with Crippen molar-refractivity contribution < 1.29 is 13.9 Å². The maximum atomic E-state index is 11.6. The maximum absolute atomic E-state index is 11.6. The molecule has 0 saturated heterocycles. The van der Waals surface area contributed by atoms with Crippen molar-refractivity contribution in [2.24, 2.45) is 0 Å². The van der Waals surface area contributed by atoms with Gasteiger partial charge in [-0.05, 0) is 35.7 Å². The molecule has 8 heteroatoms. The largest absolute Gasteiger partial charge is 0.475 e. The first-order valence-corrected chi connectivity index (χ1v) is 7.78. The lowest BCUT2D eigenvalue weighted by molar-refractivity contribution is 0.246. The van der Waals surface area contributed by atoms with Gasteiger partial charge in [0.1, 0.15) is 12.3 Å². The minimum atomic E-state index is -0.268. The van der Waals surface area contributed by atoms with Gasteiger partial charge in [0.25, 0.3) is 0 Å². The molecule has 23 heavy (non-hydrogen) atoms. The standard InChI is InChI=1S/C15H14N4O3S/c20-15(17-14-4-2-10-23-14)16-7-9-22-13-6-5-11(18-19-13)12-3-1-8-21-12/h1-6,8,10H,7,9H2,(H2,16,17,20). The van der Waals surface area contributed by atoms with Crippen LogP contribution in [0.15, 0.2) is 52.5 Å². The Balaban J connectivity index is 1.39. The highest BCUT2D eigenvalue weighted by molar-refractivity contribution is 7.14. The van der Waals surface area contributed by atoms with Gasteiger partial charge in [-0.3, -0.25) is 5.32 Å². The number of hydrogen-bond acceptors (Lipinski definition) is 6. The quantitative estimate of drug-likeness (QED) is 0.678. The van der Waals surface area contributed by atoms with Gasteiger partial charge in [0.05, 0.1) is 17.8 Å². The highest BCUT2D eigenvalue weighted by Crippen LogP contribution is 2.17. The fourth-order valence-electron chi connectivity index (χ4n) is 1.78. The molecule has 3 aromatic rings. The zero-order valence-electron chi connectivity index (χ0n) is 12.1. The Kier molecular flexibility index (Phi) is 4.85. The van der Waals surface area contributed by atoms with Crippen molar-refractivity contribution in [1.29, 1.82) is 0 Å². The van der Waals surface area contributed by atoms with Crippen molar-refractivity contribution in [3.8, 4) is 17.3 Å². The zero-order chi connectivity index (χ0) is 15.9. The highest BCUT2D eigenvalue weighted by Gasteiger charge is 2.05. The van der Waals surface area contributed by atoms with Crippen LogP contribution in [-0.2, 0) is 0 Å². The molecule has 2 amide bonds. The van der Waals surface area contributed by atoms with Crippen LogP contribution in [0.1, 0.15) is 0 Å². The first-order valence-electron chi connectivity index (χ1n) is 6.90. The predicted molar refractivity (Wildman–Crippen MR) is 86.6 cm³/mol. The van der Waals surface area contributed by atoms with Crippen molar-refractivity contribution in [1.82, 2.24) is 15.5 Å². The van der Waals surface area contributed by atoms with Crippen LogP contribution in [0.2, 0.25) is 0 Å². The summed E-state index contributed by atoms with van der Waals surface area (Å²) < 4.78 is 10.7. The van der Waals surface area contributed by atoms with Gasteiger partial charge < -0.3 is 14.5 Å². The van der Waals surface area contributed by atoms with Gasteiger partial charge >= 0.3 is 6.03 Å². The van der Waals surface area contributed by atoms with E-state index in [4.69, 9.17) is 9.15 Å². The third-order valence-corrected chi connectivity index (χ3v) is 3.59. The lowest BCUT2D eigenvalue weighted by Gasteiger charge is -2.07. The number of ether oxygens (including phenoxy) is 1. The molecule has 0 bridgehead atoms. The molecule has 3 rings (SSSR count). The molecule has 3 heterocycles. The Bertz CT molecular complexity index is 727. The number of rotatable bonds is 6. The van der Waals surface area contributed by atoms with Gasteiger partial charge in [-0.25, -0.2) is 4.79 Å². The average Bonchev–Trinajstić information content (AvgIpc) is 3.26. The van der Waals surface area contributed by atoms with Gasteiger partial charge in [0, 0.05) is 6.07 Å². The van der Waals surface area contributed by atoms with Crippen LogP contribution in [0.3, 0.4) is 0 Å². The molecule has 0 spiro atoms. The third kappa shape index (κ3) is 4.30. The molecule has 0 aliphatic carbocycles. The Morgan fingerprint density at radius 3 is 2.87 bits per heavy atom. The third-order valence-electron chi connectivity index (χ3n) is 2.81. The molecule has 0 aliphatic heterocycles. The Labute approximate surface area is 136 Å². The molecular formula is C15H14N4O3S. The molecular weight excluding hydrogens is 316 g/mol.